The van der Waals surface area contributed by atoms with Gasteiger partial charge in [-0.1, -0.05) is 30.9 Å². The van der Waals surface area contributed by atoms with Crippen molar-refractivity contribution in [2.45, 2.75) is 44.2 Å². The summed E-state index contributed by atoms with van der Waals surface area (Å²) in [4.78, 5) is 0. The maximum atomic E-state index is 14.3. The largest absolute Gasteiger partial charge is 0.243 e. The van der Waals surface area contributed by atoms with Crippen LogP contribution in [0.15, 0.2) is 12.1 Å². The molecule has 1 aromatic rings. The Kier molecular flexibility index (Phi) is 3.19. The third-order valence-electron chi connectivity index (χ3n) is 2.93. The standard InChI is InChI=1S/C11H14ClFN2/c12-10-5-4-9(14-15-10)8-11(13)6-2-1-3-7-11/h4-5H,1-3,6-8H2. The molecule has 82 valence electrons. The van der Waals surface area contributed by atoms with Crippen molar-refractivity contribution in [1.29, 1.82) is 0 Å². The number of alkyl halides is 1. The molecule has 0 aliphatic heterocycles. The number of hydrogen-bond donors (Lipinski definition) is 0. The highest BCUT2D eigenvalue weighted by Gasteiger charge is 2.32. The van der Waals surface area contributed by atoms with Crippen LogP contribution in [0.25, 0.3) is 0 Å². The van der Waals surface area contributed by atoms with E-state index in [1.54, 1.807) is 12.1 Å². The summed E-state index contributed by atoms with van der Waals surface area (Å²) in [5.74, 6) is 0. The van der Waals surface area contributed by atoms with Gasteiger partial charge in [0.2, 0.25) is 0 Å². The lowest BCUT2D eigenvalue weighted by molar-refractivity contribution is 0.106. The molecule has 1 saturated carbocycles. The van der Waals surface area contributed by atoms with Gasteiger partial charge in [-0.05, 0) is 25.0 Å². The first-order valence-corrected chi connectivity index (χ1v) is 5.73. The minimum absolute atomic E-state index is 0.357. The minimum Gasteiger partial charge on any atom is -0.243 e. The predicted molar refractivity (Wildman–Crippen MR) is 57.7 cm³/mol. The fourth-order valence-electron chi connectivity index (χ4n) is 2.12. The van der Waals surface area contributed by atoms with Gasteiger partial charge in [-0.15, -0.1) is 5.10 Å². The molecular weight excluding hydrogens is 215 g/mol. The van der Waals surface area contributed by atoms with Crippen molar-refractivity contribution in [3.63, 3.8) is 0 Å². The van der Waals surface area contributed by atoms with E-state index in [1.165, 1.54) is 0 Å². The number of halogens is 2. The summed E-state index contributed by atoms with van der Waals surface area (Å²) in [6.07, 6.45) is 4.79. The highest BCUT2D eigenvalue weighted by molar-refractivity contribution is 6.29. The van der Waals surface area contributed by atoms with Gasteiger partial charge in [0.25, 0.3) is 0 Å². The highest BCUT2D eigenvalue weighted by atomic mass is 35.5. The van der Waals surface area contributed by atoms with E-state index in [4.69, 9.17) is 11.6 Å². The van der Waals surface area contributed by atoms with Crippen molar-refractivity contribution < 1.29 is 4.39 Å². The molecule has 0 bridgehead atoms. The van der Waals surface area contributed by atoms with Gasteiger partial charge >= 0.3 is 0 Å². The second kappa shape index (κ2) is 4.44. The molecule has 0 N–H and O–H groups in total. The van der Waals surface area contributed by atoms with Crippen molar-refractivity contribution in [3.8, 4) is 0 Å². The second-order valence-electron chi connectivity index (χ2n) is 4.24. The summed E-state index contributed by atoms with van der Waals surface area (Å²) in [7, 11) is 0. The van der Waals surface area contributed by atoms with Crippen LogP contribution < -0.4 is 0 Å². The van der Waals surface area contributed by atoms with Crippen molar-refractivity contribution in [2.24, 2.45) is 0 Å². The van der Waals surface area contributed by atoms with Gasteiger partial charge in [-0.2, -0.15) is 5.10 Å². The van der Waals surface area contributed by atoms with Crippen LogP contribution >= 0.6 is 11.6 Å². The smallest absolute Gasteiger partial charge is 0.151 e. The molecule has 2 rings (SSSR count). The fourth-order valence-corrected chi connectivity index (χ4v) is 2.23. The van der Waals surface area contributed by atoms with Gasteiger partial charge in [0, 0.05) is 6.42 Å². The molecule has 0 amide bonds. The number of rotatable bonds is 2. The zero-order chi connectivity index (χ0) is 10.7. The average molecular weight is 229 g/mol. The summed E-state index contributed by atoms with van der Waals surface area (Å²) in [6.45, 7) is 0. The maximum Gasteiger partial charge on any atom is 0.151 e. The minimum atomic E-state index is -1.07. The van der Waals surface area contributed by atoms with Crippen LogP contribution in [0, 0.1) is 0 Å². The van der Waals surface area contributed by atoms with Crippen molar-refractivity contribution in [3.05, 3.63) is 23.0 Å². The van der Waals surface area contributed by atoms with Gasteiger partial charge in [0.1, 0.15) is 5.67 Å². The third-order valence-corrected chi connectivity index (χ3v) is 3.14. The fraction of sp³-hybridized carbons (Fsp3) is 0.636. The highest BCUT2D eigenvalue weighted by Crippen LogP contribution is 2.34. The SMILES string of the molecule is FC1(Cc2ccc(Cl)nn2)CCCCC1. The first-order valence-electron chi connectivity index (χ1n) is 5.35. The Labute approximate surface area is 93.9 Å². The molecule has 1 aromatic heterocycles. The molecule has 2 nitrogen and oxygen atoms in total. The van der Waals surface area contributed by atoms with Crippen LogP contribution in [0.1, 0.15) is 37.8 Å². The Hall–Kier alpha value is -0.700. The van der Waals surface area contributed by atoms with E-state index in [0.717, 1.165) is 19.3 Å². The Morgan fingerprint density at radius 3 is 2.53 bits per heavy atom. The Balaban J connectivity index is 2.03. The van der Waals surface area contributed by atoms with Gasteiger partial charge in [-0.25, -0.2) is 4.39 Å². The summed E-state index contributed by atoms with van der Waals surface area (Å²) < 4.78 is 14.3. The van der Waals surface area contributed by atoms with E-state index in [9.17, 15) is 4.39 Å². The molecule has 15 heavy (non-hydrogen) atoms. The molecule has 4 heteroatoms. The van der Waals surface area contributed by atoms with Gasteiger partial charge in [0.15, 0.2) is 5.15 Å². The van der Waals surface area contributed by atoms with Crippen LogP contribution in [0.5, 0.6) is 0 Å². The van der Waals surface area contributed by atoms with Crippen LogP contribution in [-0.2, 0) is 6.42 Å². The zero-order valence-electron chi connectivity index (χ0n) is 8.55. The first-order chi connectivity index (χ1) is 7.18. The molecular formula is C11H14ClFN2. The lowest BCUT2D eigenvalue weighted by Gasteiger charge is -2.28. The molecule has 0 saturated heterocycles. The molecule has 0 unspecified atom stereocenters. The molecule has 0 spiro atoms. The topological polar surface area (TPSA) is 25.8 Å². The molecule has 1 aliphatic carbocycles. The van der Waals surface area contributed by atoms with Gasteiger partial charge in [0.05, 0.1) is 5.69 Å². The van der Waals surface area contributed by atoms with Crippen LogP contribution in [-0.4, -0.2) is 15.9 Å². The maximum absolute atomic E-state index is 14.3. The van der Waals surface area contributed by atoms with Crippen molar-refractivity contribution >= 4 is 11.6 Å². The number of hydrogen-bond acceptors (Lipinski definition) is 2. The first kappa shape index (κ1) is 10.8. The van der Waals surface area contributed by atoms with E-state index in [0.29, 0.717) is 30.1 Å². The van der Waals surface area contributed by atoms with Crippen LogP contribution in [0.3, 0.4) is 0 Å². The summed E-state index contributed by atoms with van der Waals surface area (Å²) in [5, 5.41) is 7.98. The lowest BCUT2D eigenvalue weighted by Crippen LogP contribution is -2.29. The molecule has 1 aliphatic rings. The molecule has 0 atom stereocenters. The average Bonchev–Trinajstić information content (AvgIpc) is 2.22. The summed E-state index contributed by atoms with van der Waals surface area (Å²) in [6, 6.07) is 3.42. The van der Waals surface area contributed by atoms with E-state index in [-0.39, 0.29) is 0 Å². The van der Waals surface area contributed by atoms with Crippen molar-refractivity contribution in [2.75, 3.05) is 0 Å². The number of aromatic nitrogens is 2. The summed E-state index contributed by atoms with van der Waals surface area (Å²) in [5.41, 5.74) is -0.371. The van der Waals surface area contributed by atoms with E-state index >= 15 is 0 Å². The molecule has 1 fully saturated rings. The normalized spacial score (nSPS) is 20.1. The quantitative estimate of drug-likeness (QED) is 0.776. The predicted octanol–water partition coefficient (Wildman–Crippen LogP) is 3.34. The molecule has 0 radical (unpaired) electrons. The molecule has 1 heterocycles. The lowest BCUT2D eigenvalue weighted by atomic mass is 9.83. The molecule has 0 aromatic carbocycles. The Morgan fingerprint density at radius 2 is 1.93 bits per heavy atom. The summed E-state index contributed by atoms with van der Waals surface area (Å²) >= 11 is 5.62. The Morgan fingerprint density at radius 1 is 1.20 bits per heavy atom. The van der Waals surface area contributed by atoms with E-state index < -0.39 is 5.67 Å². The Bertz CT molecular complexity index is 320. The van der Waals surface area contributed by atoms with Gasteiger partial charge in [-0.3, -0.25) is 0 Å². The third kappa shape index (κ3) is 2.88. The monoisotopic (exact) mass is 228 g/mol. The second-order valence-corrected chi connectivity index (χ2v) is 4.62. The van der Waals surface area contributed by atoms with E-state index in [2.05, 4.69) is 10.2 Å². The number of nitrogens with zero attached hydrogens (tertiary/aromatic N) is 2. The van der Waals surface area contributed by atoms with E-state index in [1.807, 2.05) is 0 Å². The van der Waals surface area contributed by atoms with Crippen molar-refractivity contribution in [1.82, 2.24) is 10.2 Å². The zero-order valence-corrected chi connectivity index (χ0v) is 9.30. The van der Waals surface area contributed by atoms with Crippen LogP contribution in [0.4, 0.5) is 4.39 Å². The van der Waals surface area contributed by atoms with Gasteiger partial charge < -0.3 is 0 Å². The van der Waals surface area contributed by atoms with Crippen LogP contribution in [0.2, 0.25) is 5.15 Å².